The molecule has 272 valence electrons. The van der Waals surface area contributed by atoms with Crippen LogP contribution >= 0.6 is 0 Å². The van der Waals surface area contributed by atoms with Crippen molar-refractivity contribution in [1.29, 1.82) is 0 Å². The number of carbonyl (C=O) groups excluding carboxylic acids is 1. The lowest BCUT2D eigenvalue weighted by Crippen LogP contribution is -2.74. The summed E-state index contributed by atoms with van der Waals surface area (Å²) in [5, 5.41) is 0. The minimum atomic E-state index is -8.68. The largest absolute Gasteiger partial charge is 0.460 e. The molecule has 0 aliphatic rings. The van der Waals surface area contributed by atoms with Crippen molar-refractivity contribution in [3.8, 4) is 11.8 Å². The minimum absolute atomic E-state index is 0.137. The van der Waals surface area contributed by atoms with Gasteiger partial charge in [-0.05, 0) is 35.9 Å². The molecule has 0 saturated heterocycles. The number of nitrogens with zero attached hydrogens (tertiary/aromatic N) is 1. The van der Waals surface area contributed by atoms with Crippen LogP contribution in [0.5, 0.6) is 0 Å². The van der Waals surface area contributed by atoms with E-state index < -0.39 is 87.6 Å². The van der Waals surface area contributed by atoms with E-state index >= 15 is 8.78 Å². The summed E-state index contributed by atoms with van der Waals surface area (Å²) in [6.07, 6.45) is -13.2. The average molecular weight is 747 g/mol. The molecular weight excluding hydrogens is 732 g/mol. The summed E-state index contributed by atoms with van der Waals surface area (Å²) < 4.78 is 250. The van der Waals surface area contributed by atoms with E-state index in [1.807, 2.05) is 0 Å². The van der Waals surface area contributed by atoms with Crippen molar-refractivity contribution in [2.45, 2.75) is 54.4 Å². The highest BCUT2D eigenvalue weighted by atomic mass is 19.4. The minimum Gasteiger partial charge on any atom is -0.301 e. The van der Waals surface area contributed by atoms with Gasteiger partial charge in [-0.3, -0.25) is 4.79 Å². The van der Waals surface area contributed by atoms with Crippen molar-refractivity contribution in [2.75, 3.05) is 4.90 Å². The highest BCUT2D eigenvalue weighted by molar-refractivity contribution is 6.00. The maximum Gasteiger partial charge on any atom is 0.460 e. The maximum atomic E-state index is 15.2. The van der Waals surface area contributed by atoms with E-state index in [1.54, 1.807) is 0 Å². The fourth-order valence-corrected chi connectivity index (χ4v) is 4.12. The van der Waals surface area contributed by atoms with E-state index in [4.69, 9.17) is 0 Å². The normalized spacial score (nSPS) is 13.8. The Bertz CT molecular complexity index is 1750. The number of halogens is 18. The summed E-state index contributed by atoms with van der Waals surface area (Å²) in [6.45, 7) is -1.92. The first-order chi connectivity index (χ1) is 22.6. The molecule has 0 fully saturated rings. The molecular formula is C30H15F18NO. The van der Waals surface area contributed by atoms with Crippen LogP contribution in [0.15, 0.2) is 78.9 Å². The lowest BCUT2D eigenvalue weighted by atomic mass is 9.90. The molecule has 0 radical (unpaired) electrons. The number of rotatable bonds is 9. The predicted octanol–water partition coefficient (Wildman–Crippen LogP) is 10.0. The molecule has 3 aromatic carbocycles. The lowest BCUT2D eigenvalue weighted by Gasteiger charge is -2.41. The molecule has 3 aromatic rings. The predicted molar refractivity (Wildman–Crippen MR) is 137 cm³/mol. The monoisotopic (exact) mass is 747 g/mol. The van der Waals surface area contributed by atoms with Gasteiger partial charge in [-0.25, -0.2) is 0 Å². The van der Waals surface area contributed by atoms with Gasteiger partial charge in [0.2, 0.25) is 0 Å². The first-order valence-electron chi connectivity index (χ1n) is 13.0. The topological polar surface area (TPSA) is 20.3 Å². The zero-order chi connectivity index (χ0) is 38.4. The van der Waals surface area contributed by atoms with Crippen molar-refractivity contribution >= 4 is 11.6 Å². The van der Waals surface area contributed by atoms with E-state index in [0.29, 0.717) is 12.1 Å². The molecule has 0 saturated carbocycles. The summed E-state index contributed by atoms with van der Waals surface area (Å²) in [5.74, 6) is -49.0. The van der Waals surface area contributed by atoms with Gasteiger partial charge >= 0.3 is 53.8 Å². The fraction of sp³-hybridized carbons (Fsp3) is 0.300. The van der Waals surface area contributed by atoms with Gasteiger partial charge in [-0.15, -0.1) is 0 Å². The molecule has 0 heterocycles. The van der Waals surface area contributed by atoms with Gasteiger partial charge < -0.3 is 4.90 Å². The van der Waals surface area contributed by atoms with Crippen LogP contribution < -0.4 is 4.90 Å². The Balaban J connectivity index is 2.27. The number of benzene rings is 3. The van der Waals surface area contributed by atoms with Crippen LogP contribution in [-0.2, 0) is 17.5 Å². The molecule has 0 aliphatic carbocycles. The second kappa shape index (κ2) is 13.0. The highest BCUT2D eigenvalue weighted by Crippen LogP contribution is 2.62. The summed E-state index contributed by atoms with van der Waals surface area (Å²) in [6, 6.07) is 12.5. The molecule has 0 N–H and O–H groups in total. The standard InChI is InChI=1S/C30H15F18NO/c31-23(32,25(36,37)26(38,39)27(40,41)28(42,43)29(44,45)30(46,47)48)22(50)49(16-19-11-4-6-12-20(19)24(33,34)35)21-13-7-5-10-18(21)15-14-17-8-2-1-3-9-17/h1-13H,16H2. The van der Waals surface area contributed by atoms with Crippen molar-refractivity contribution < 1.29 is 83.8 Å². The molecule has 2 nitrogen and oxygen atoms in total. The highest BCUT2D eigenvalue weighted by Gasteiger charge is 2.94. The molecule has 0 atom stereocenters. The third-order valence-corrected chi connectivity index (χ3v) is 6.80. The third-order valence-electron chi connectivity index (χ3n) is 6.80. The molecule has 1 amide bonds. The smallest absolute Gasteiger partial charge is 0.301 e. The number of hydrogen-bond donors (Lipinski definition) is 0. The van der Waals surface area contributed by atoms with E-state index in [0.717, 1.165) is 30.3 Å². The van der Waals surface area contributed by atoms with E-state index in [9.17, 15) is 75.0 Å². The second-order valence-electron chi connectivity index (χ2n) is 10.1. The SMILES string of the molecule is O=C(N(Cc1ccccc1C(F)(F)F)c1ccccc1C#Cc1ccccc1)C(F)(F)C(F)(F)C(F)(F)C(F)(F)C(F)(F)C(F)(F)C(F)(F)F. The van der Waals surface area contributed by atoms with E-state index in [2.05, 4.69) is 11.8 Å². The fourth-order valence-electron chi connectivity index (χ4n) is 4.12. The first-order valence-corrected chi connectivity index (χ1v) is 13.0. The molecule has 0 spiro atoms. The Morgan fingerprint density at radius 3 is 1.52 bits per heavy atom. The third kappa shape index (κ3) is 6.65. The molecule has 0 aliphatic heterocycles. The van der Waals surface area contributed by atoms with Crippen molar-refractivity contribution in [3.63, 3.8) is 0 Å². The molecule has 0 bridgehead atoms. The number of anilines is 1. The maximum absolute atomic E-state index is 15.2. The average Bonchev–Trinajstić information content (AvgIpc) is 3.01. The Morgan fingerprint density at radius 2 is 0.980 bits per heavy atom. The van der Waals surface area contributed by atoms with Crippen LogP contribution in [0.25, 0.3) is 0 Å². The Hall–Kier alpha value is -4.57. The Labute approximate surface area is 268 Å². The van der Waals surface area contributed by atoms with Crippen LogP contribution in [0.2, 0.25) is 0 Å². The van der Waals surface area contributed by atoms with Gasteiger partial charge in [0, 0.05) is 11.1 Å². The summed E-state index contributed by atoms with van der Waals surface area (Å²) in [4.78, 5) is 12.3. The molecule has 50 heavy (non-hydrogen) atoms. The van der Waals surface area contributed by atoms with Gasteiger partial charge in [0.05, 0.1) is 17.8 Å². The van der Waals surface area contributed by atoms with Gasteiger partial charge in [-0.1, -0.05) is 60.4 Å². The van der Waals surface area contributed by atoms with Gasteiger partial charge in [0.1, 0.15) is 0 Å². The van der Waals surface area contributed by atoms with Crippen LogP contribution in [0.1, 0.15) is 22.3 Å². The van der Waals surface area contributed by atoms with E-state index in [1.165, 1.54) is 30.3 Å². The van der Waals surface area contributed by atoms with Crippen LogP contribution in [-0.4, -0.2) is 47.6 Å². The van der Waals surface area contributed by atoms with E-state index in [-0.39, 0.29) is 11.6 Å². The molecule has 20 heteroatoms. The Kier molecular flexibility index (Phi) is 10.3. The summed E-state index contributed by atoms with van der Waals surface area (Å²) in [7, 11) is 0. The number of alkyl halides is 18. The number of para-hydroxylation sites is 1. The summed E-state index contributed by atoms with van der Waals surface area (Å²) >= 11 is 0. The second-order valence-corrected chi connectivity index (χ2v) is 10.1. The van der Waals surface area contributed by atoms with Crippen molar-refractivity contribution in [2.24, 2.45) is 0 Å². The lowest BCUT2D eigenvalue weighted by molar-refractivity contribution is -0.449. The number of amides is 1. The molecule has 0 unspecified atom stereocenters. The Morgan fingerprint density at radius 1 is 0.520 bits per heavy atom. The van der Waals surface area contributed by atoms with Crippen LogP contribution in [0, 0.1) is 11.8 Å². The zero-order valence-corrected chi connectivity index (χ0v) is 23.9. The molecule has 3 rings (SSSR count). The summed E-state index contributed by atoms with van der Waals surface area (Å²) in [5.41, 5.74) is -4.71. The van der Waals surface area contributed by atoms with Gasteiger partial charge in [0.25, 0.3) is 0 Å². The van der Waals surface area contributed by atoms with Crippen LogP contribution in [0.3, 0.4) is 0 Å². The van der Waals surface area contributed by atoms with Gasteiger partial charge in [-0.2, -0.15) is 79.0 Å². The van der Waals surface area contributed by atoms with Crippen molar-refractivity contribution in [3.05, 3.63) is 101 Å². The number of hydrogen-bond acceptors (Lipinski definition) is 1. The number of carbonyl (C=O) groups is 1. The first kappa shape index (κ1) is 39.9. The molecule has 0 aromatic heterocycles. The van der Waals surface area contributed by atoms with Crippen LogP contribution in [0.4, 0.5) is 84.7 Å². The van der Waals surface area contributed by atoms with Gasteiger partial charge in [0.15, 0.2) is 0 Å². The zero-order valence-electron chi connectivity index (χ0n) is 23.9. The van der Waals surface area contributed by atoms with Crippen molar-refractivity contribution in [1.82, 2.24) is 0 Å². The quantitative estimate of drug-likeness (QED) is 0.158.